The van der Waals surface area contributed by atoms with E-state index in [-0.39, 0.29) is 11.8 Å². The van der Waals surface area contributed by atoms with Gasteiger partial charge in [-0.05, 0) is 43.4 Å². The number of pyridine rings is 1. The number of benzene rings is 1. The summed E-state index contributed by atoms with van der Waals surface area (Å²) in [6, 6.07) is 10.2. The fourth-order valence-electron chi connectivity index (χ4n) is 3.10. The average Bonchev–Trinajstić information content (AvgIpc) is 3.14. The Kier molecular flexibility index (Phi) is 6.87. The molecule has 1 aromatic carbocycles. The van der Waals surface area contributed by atoms with Crippen LogP contribution in [-0.4, -0.2) is 57.9 Å². The molecule has 0 aliphatic heterocycles. The van der Waals surface area contributed by atoms with E-state index in [0.29, 0.717) is 18.0 Å². The summed E-state index contributed by atoms with van der Waals surface area (Å²) in [4.78, 5) is 29.4. The van der Waals surface area contributed by atoms with E-state index in [1.165, 1.54) is 12.3 Å². The van der Waals surface area contributed by atoms with Crippen LogP contribution in [0.15, 0.2) is 48.8 Å². The Morgan fingerprint density at radius 1 is 1.13 bits per heavy atom. The number of carboxylic acid groups (broad SMARTS) is 1. The third kappa shape index (κ3) is 5.26. The molecule has 158 valence electrons. The Labute approximate surface area is 174 Å². The fraction of sp³-hybridized carbons (Fsp3) is 0.286. The number of likely N-dealkylation sites (N-methyl/N-ethyl adjacent to an activating group) is 1. The molecule has 0 fully saturated rings. The molecule has 0 aliphatic rings. The van der Waals surface area contributed by atoms with Gasteiger partial charge in [-0.15, -0.1) is 0 Å². The van der Waals surface area contributed by atoms with Crippen molar-refractivity contribution in [3.05, 3.63) is 48.8 Å². The van der Waals surface area contributed by atoms with E-state index >= 15 is 0 Å². The second-order valence-electron chi connectivity index (χ2n) is 6.57. The number of aromatic nitrogens is 2. The molecule has 0 aliphatic carbocycles. The van der Waals surface area contributed by atoms with Crippen LogP contribution in [-0.2, 0) is 0 Å². The average molecular weight is 411 g/mol. The third-order valence-corrected chi connectivity index (χ3v) is 4.68. The van der Waals surface area contributed by atoms with Gasteiger partial charge >= 0.3 is 12.1 Å². The lowest BCUT2D eigenvalue weighted by molar-refractivity contribution is 0.209. The molecule has 0 unspecified atom stereocenters. The molecular weight excluding hydrogens is 386 g/mol. The molecule has 2 heterocycles. The largest absolute Gasteiger partial charge is 0.465 e. The minimum atomic E-state index is -1.20. The molecule has 9 heteroatoms. The maximum absolute atomic E-state index is 12.5. The molecule has 30 heavy (non-hydrogen) atoms. The van der Waals surface area contributed by atoms with Gasteiger partial charge in [-0.1, -0.05) is 13.8 Å². The van der Waals surface area contributed by atoms with Crippen molar-refractivity contribution in [3.63, 3.8) is 0 Å². The molecule has 3 aromatic rings. The van der Waals surface area contributed by atoms with Gasteiger partial charge in [0.15, 0.2) is 0 Å². The van der Waals surface area contributed by atoms with E-state index < -0.39 is 6.09 Å². The molecular formula is C21H25N5O4. The first-order valence-corrected chi connectivity index (χ1v) is 9.75. The molecule has 0 atom stereocenters. The van der Waals surface area contributed by atoms with Crippen molar-refractivity contribution >= 4 is 28.8 Å². The molecule has 9 nitrogen and oxygen atoms in total. The van der Waals surface area contributed by atoms with Crippen molar-refractivity contribution in [3.8, 4) is 11.5 Å². The summed E-state index contributed by atoms with van der Waals surface area (Å²) in [5, 5.41) is 14.8. The van der Waals surface area contributed by atoms with E-state index in [9.17, 15) is 9.59 Å². The molecule has 3 N–H and O–H groups in total. The Balaban J connectivity index is 1.68. The molecule has 0 saturated heterocycles. The lowest BCUT2D eigenvalue weighted by atomic mass is 10.2. The molecule has 0 bridgehead atoms. The van der Waals surface area contributed by atoms with Gasteiger partial charge < -0.3 is 20.1 Å². The number of amides is 2. The zero-order chi connectivity index (χ0) is 21.5. The van der Waals surface area contributed by atoms with Crippen LogP contribution in [0, 0.1) is 0 Å². The van der Waals surface area contributed by atoms with Crippen molar-refractivity contribution < 1.29 is 19.4 Å². The highest BCUT2D eigenvalue weighted by Crippen LogP contribution is 2.27. The van der Waals surface area contributed by atoms with Gasteiger partial charge in [0.25, 0.3) is 0 Å². The maximum Gasteiger partial charge on any atom is 0.410 e. The predicted molar refractivity (Wildman–Crippen MR) is 114 cm³/mol. The maximum atomic E-state index is 12.5. The molecule has 0 spiro atoms. The van der Waals surface area contributed by atoms with Gasteiger partial charge in [-0.2, -0.15) is 0 Å². The van der Waals surface area contributed by atoms with Crippen molar-refractivity contribution in [1.29, 1.82) is 0 Å². The van der Waals surface area contributed by atoms with Crippen LogP contribution in [0.2, 0.25) is 0 Å². The molecule has 2 aromatic heterocycles. The number of nitrogens with one attached hydrogen (secondary N) is 2. The quantitative estimate of drug-likeness (QED) is 0.520. The van der Waals surface area contributed by atoms with Crippen LogP contribution in [0.1, 0.15) is 13.8 Å². The number of nitrogens with zero attached hydrogens (tertiary/aromatic N) is 3. The van der Waals surface area contributed by atoms with Crippen LogP contribution < -0.4 is 15.4 Å². The van der Waals surface area contributed by atoms with Gasteiger partial charge in [0.1, 0.15) is 17.3 Å². The normalized spacial score (nSPS) is 10.9. The molecule has 0 radical (unpaired) electrons. The zero-order valence-electron chi connectivity index (χ0n) is 17.0. The first-order valence-electron chi connectivity index (χ1n) is 9.75. The topological polar surface area (TPSA) is 109 Å². The first kappa shape index (κ1) is 21.1. The van der Waals surface area contributed by atoms with Crippen molar-refractivity contribution in [2.75, 3.05) is 31.5 Å². The minimum absolute atomic E-state index is 0.175. The summed E-state index contributed by atoms with van der Waals surface area (Å²) >= 11 is 0. The second-order valence-corrected chi connectivity index (χ2v) is 6.57. The van der Waals surface area contributed by atoms with E-state index in [1.807, 2.05) is 18.2 Å². The van der Waals surface area contributed by atoms with Crippen LogP contribution in [0.5, 0.6) is 11.5 Å². The van der Waals surface area contributed by atoms with Crippen LogP contribution >= 0.6 is 0 Å². The van der Waals surface area contributed by atoms with Crippen LogP contribution in [0.3, 0.4) is 0 Å². The standard InChI is InChI=1S/C21H25N5O4/c1-3-25(4-2)12-10-23-20(27)26-11-8-15-13-16(5-6-18(15)26)30-17-7-9-22-19(14-17)24-21(28)29/h5-9,11,13-14H,3-4,10,12H2,1-2H3,(H,22,24)(H,23,27)(H,28,29). The van der Waals surface area contributed by atoms with Crippen molar-refractivity contribution in [2.24, 2.45) is 0 Å². The molecule has 0 saturated carbocycles. The van der Waals surface area contributed by atoms with Gasteiger partial charge in [-0.25, -0.2) is 14.6 Å². The predicted octanol–water partition coefficient (Wildman–Crippen LogP) is 3.82. The second kappa shape index (κ2) is 9.75. The summed E-state index contributed by atoms with van der Waals surface area (Å²) in [5.41, 5.74) is 0.769. The van der Waals surface area contributed by atoms with Gasteiger partial charge in [0, 0.05) is 36.9 Å². The highest BCUT2D eigenvalue weighted by atomic mass is 16.5. The third-order valence-electron chi connectivity index (χ3n) is 4.68. The number of rotatable bonds is 8. The van der Waals surface area contributed by atoms with E-state index in [1.54, 1.807) is 22.9 Å². The number of fused-ring (bicyclic) bond motifs is 1. The zero-order valence-corrected chi connectivity index (χ0v) is 17.0. The Morgan fingerprint density at radius 3 is 2.63 bits per heavy atom. The van der Waals surface area contributed by atoms with Gasteiger partial charge in [0.2, 0.25) is 0 Å². The summed E-state index contributed by atoms with van der Waals surface area (Å²) in [5.74, 6) is 1.19. The van der Waals surface area contributed by atoms with Crippen molar-refractivity contribution in [2.45, 2.75) is 13.8 Å². The number of hydrogen-bond donors (Lipinski definition) is 3. The highest BCUT2D eigenvalue weighted by Gasteiger charge is 2.10. The van der Waals surface area contributed by atoms with Gasteiger partial charge in [-0.3, -0.25) is 9.88 Å². The minimum Gasteiger partial charge on any atom is -0.465 e. The number of carbonyl (C=O) groups is 2. The summed E-state index contributed by atoms with van der Waals surface area (Å²) in [6.45, 7) is 7.48. The number of carbonyl (C=O) groups excluding carboxylic acids is 1. The lowest BCUT2D eigenvalue weighted by Crippen LogP contribution is -2.36. The Morgan fingerprint density at radius 2 is 1.90 bits per heavy atom. The SMILES string of the molecule is CCN(CC)CCNC(=O)n1ccc2cc(Oc3ccnc(NC(=O)O)c3)ccc21. The summed E-state index contributed by atoms with van der Waals surface area (Å²) < 4.78 is 7.38. The number of ether oxygens (including phenoxy) is 1. The van der Waals surface area contributed by atoms with Crippen molar-refractivity contribution in [1.82, 2.24) is 19.8 Å². The first-order chi connectivity index (χ1) is 14.5. The Bertz CT molecular complexity index is 1030. The highest BCUT2D eigenvalue weighted by molar-refractivity contribution is 5.92. The molecule has 2 amide bonds. The summed E-state index contributed by atoms with van der Waals surface area (Å²) in [6.07, 6.45) is 1.98. The monoisotopic (exact) mass is 411 g/mol. The fourth-order valence-corrected chi connectivity index (χ4v) is 3.10. The summed E-state index contributed by atoms with van der Waals surface area (Å²) in [7, 11) is 0. The molecule has 3 rings (SSSR count). The lowest BCUT2D eigenvalue weighted by Gasteiger charge is -2.18. The smallest absolute Gasteiger partial charge is 0.410 e. The van der Waals surface area contributed by atoms with Crippen LogP contribution in [0.25, 0.3) is 10.9 Å². The Hall–Kier alpha value is -3.59. The van der Waals surface area contributed by atoms with Gasteiger partial charge in [0.05, 0.1) is 5.52 Å². The number of hydrogen-bond acceptors (Lipinski definition) is 5. The van der Waals surface area contributed by atoms with E-state index in [4.69, 9.17) is 9.84 Å². The van der Waals surface area contributed by atoms with Crippen LogP contribution in [0.4, 0.5) is 15.4 Å². The van der Waals surface area contributed by atoms with E-state index in [0.717, 1.165) is 30.5 Å². The van der Waals surface area contributed by atoms with E-state index in [2.05, 4.69) is 34.4 Å². The number of anilines is 1.